The molecule has 0 aliphatic carbocycles. The van der Waals surface area contributed by atoms with Crippen LogP contribution in [0.3, 0.4) is 0 Å². The molecule has 2 aromatic heterocycles. The van der Waals surface area contributed by atoms with Gasteiger partial charge in [0.1, 0.15) is 22.6 Å². The molecule has 3 aromatic carbocycles. The van der Waals surface area contributed by atoms with Gasteiger partial charge in [-0.3, -0.25) is 0 Å². The van der Waals surface area contributed by atoms with Crippen LogP contribution in [0.4, 0.5) is 11.6 Å². The molecule has 0 N–H and O–H groups in total. The van der Waals surface area contributed by atoms with E-state index in [9.17, 15) is 0 Å². The van der Waals surface area contributed by atoms with Gasteiger partial charge in [0.05, 0.1) is 0 Å². The predicted molar refractivity (Wildman–Crippen MR) is 166 cm³/mol. The van der Waals surface area contributed by atoms with Crippen molar-refractivity contribution in [2.45, 2.75) is 0 Å². The van der Waals surface area contributed by atoms with Crippen LogP contribution in [0.2, 0.25) is 0 Å². The number of hydrogen-bond acceptors (Lipinski definition) is 4. The lowest BCUT2D eigenvalue weighted by molar-refractivity contribution is 0.938. The molecule has 166 valence electrons. The molecule has 0 atom stereocenters. The summed E-state index contributed by atoms with van der Waals surface area (Å²) in [5.74, 6) is 2.85. The summed E-state index contributed by atoms with van der Waals surface area (Å²) in [4.78, 5) is 20.3. The fourth-order valence-electron chi connectivity index (χ4n) is 5.08. The lowest BCUT2D eigenvalue weighted by Crippen LogP contribution is -2.44. The SMILES string of the molecule is ClB1n2c3c4ccc(I)cc4c2N=c2c4cc(I)ccc4c(n21)=NC1=NC(=N3)c2cc(I)ccc21. The summed E-state index contributed by atoms with van der Waals surface area (Å²) >= 11 is 14.3. The molecular weight excluding hydrogens is 799 g/mol. The first-order valence-corrected chi connectivity index (χ1v) is 14.4. The van der Waals surface area contributed by atoms with Crippen molar-refractivity contribution in [2.24, 2.45) is 20.0 Å². The van der Waals surface area contributed by atoms with E-state index in [0.29, 0.717) is 11.7 Å². The first-order chi connectivity index (χ1) is 17.0. The van der Waals surface area contributed by atoms with Gasteiger partial charge in [0.2, 0.25) is 0 Å². The molecule has 0 radical (unpaired) electrons. The quantitative estimate of drug-likeness (QED) is 0.141. The Bertz CT molecular complexity index is 2020. The molecule has 0 saturated heterocycles. The molecule has 0 fully saturated rings. The van der Waals surface area contributed by atoms with E-state index in [1.54, 1.807) is 0 Å². The van der Waals surface area contributed by atoms with Crippen LogP contribution in [0, 0.1) is 10.7 Å². The number of fused-ring (bicyclic) bond motifs is 10. The third kappa shape index (κ3) is 2.87. The minimum atomic E-state index is -0.577. The smallest absolute Gasteiger partial charge is 0.319 e. The van der Waals surface area contributed by atoms with Crippen LogP contribution in [0.1, 0.15) is 11.1 Å². The van der Waals surface area contributed by atoms with Gasteiger partial charge in [0, 0.05) is 43.4 Å². The van der Waals surface area contributed by atoms with Gasteiger partial charge in [-0.15, -0.1) is 11.5 Å². The number of amidine groups is 2. The van der Waals surface area contributed by atoms with E-state index < -0.39 is 6.40 Å². The first kappa shape index (κ1) is 21.3. The monoisotopic (exact) mass is 808 g/mol. The Morgan fingerprint density at radius 3 is 2.03 bits per heavy atom. The molecule has 6 nitrogen and oxygen atoms in total. The number of halogens is 4. The molecule has 0 spiro atoms. The number of aliphatic imine (C=N–C) groups is 2. The zero-order valence-electron chi connectivity index (χ0n) is 17.5. The van der Waals surface area contributed by atoms with Crippen molar-refractivity contribution < 1.29 is 0 Å². The lowest BCUT2D eigenvalue weighted by Gasteiger charge is -2.18. The molecule has 3 aliphatic heterocycles. The minimum absolute atomic E-state index is 0.577. The second-order valence-corrected chi connectivity index (χ2v) is 12.6. The highest BCUT2D eigenvalue weighted by molar-refractivity contribution is 14.1. The molecule has 35 heavy (non-hydrogen) atoms. The molecule has 11 heteroatoms. The largest absolute Gasteiger partial charge is 0.499 e. The van der Waals surface area contributed by atoms with Gasteiger partial charge < -0.3 is 8.96 Å². The Balaban J connectivity index is 1.67. The summed E-state index contributed by atoms with van der Waals surface area (Å²) in [6.45, 7) is 0. The van der Waals surface area contributed by atoms with Gasteiger partial charge >= 0.3 is 6.40 Å². The van der Waals surface area contributed by atoms with Gasteiger partial charge in [-0.05, 0) is 122 Å². The molecule has 0 saturated carbocycles. The van der Waals surface area contributed by atoms with Crippen LogP contribution < -0.4 is 11.0 Å². The Kier molecular flexibility index (Phi) is 4.50. The van der Waals surface area contributed by atoms with Gasteiger partial charge in [-0.25, -0.2) is 20.0 Å². The maximum Gasteiger partial charge on any atom is 0.499 e. The van der Waals surface area contributed by atoms with Crippen LogP contribution in [0.5, 0.6) is 0 Å². The summed E-state index contributed by atoms with van der Waals surface area (Å²) in [6, 6.07) is 18.9. The predicted octanol–water partition coefficient (Wildman–Crippen LogP) is 5.77. The van der Waals surface area contributed by atoms with Crippen LogP contribution in [0.25, 0.3) is 21.5 Å². The van der Waals surface area contributed by atoms with Crippen molar-refractivity contribution in [3.8, 4) is 0 Å². The van der Waals surface area contributed by atoms with E-state index in [1.807, 2.05) is 8.96 Å². The highest BCUT2D eigenvalue weighted by atomic mass is 127. The summed E-state index contributed by atoms with van der Waals surface area (Å²) in [5.41, 5.74) is 3.51. The summed E-state index contributed by atoms with van der Waals surface area (Å²) in [5, 5.41) is 4.05. The average Bonchev–Trinajstić information content (AvgIpc) is 3.43. The molecular formula is C24H9BClI3N6. The van der Waals surface area contributed by atoms with Crippen LogP contribution >= 0.6 is 79.2 Å². The minimum Gasteiger partial charge on any atom is -0.319 e. The Hall–Kier alpha value is -1.78. The number of nitrogens with zero attached hydrogens (tertiary/aromatic N) is 6. The van der Waals surface area contributed by atoms with Crippen molar-refractivity contribution in [3.63, 3.8) is 0 Å². The molecule has 5 heterocycles. The summed E-state index contributed by atoms with van der Waals surface area (Å²) in [6.07, 6.45) is -0.577. The van der Waals surface area contributed by atoms with Gasteiger partial charge in [-0.1, -0.05) is 0 Å². The highest BCUT2D eigenvalue weighted by Gasteiger charge is 2.35. The maximum atomic E-state index is 7.29. The Morgan fingerprint density at radius 2 is 1.20 bits per heavy atom. The van der Waals surface area contributed by atoms with Crippen LogP contribution in [-0.4, -0.2) is 27.0 Å². The van der Waals surface area contributed by atoms with Gasteiger partial charge in [0.15, 0.2) is 11.7 Å². The molecule has 4 bridgehead atoms. The van der Waals surface area contributed by atoms with E-state index >= 15 is 0 Å². The van der Waals surface area contributed by atoms with Crippen molar-refractivity contribution in [1.29, 1.82) is 0 Å². The second kappa shape index (κ2) is 7.39. The second-order valence-electron chi connectivity index (χ2n) is 8.51. The number of benzene rings is 3. The third-order valence-corrected chi connectivity index (χ3v) is 8.98. The van der Waals surface area contributed by atoms with E-state index in [-0.39, 0.29) is 0 Å². The third-order valence-electron chi connectivity index (χ3n) is 6.58. The zero-order chi connectivity index (χ0) is 23.6. The fourth-order valence-corrected chi connectivity index (χ4v) is 6.92. The van der Waals surface area contributed by atoms with Crippen LogP contribution in [0.15, 0.2) is 74.6 Å². The number of rotatable bonds is 0. The normalized spacial score (nSPS) is 15.0. The van der Waals surface area contributed by atoms with Gasteiger partial charge in [-0.2, -0.15) is 0 Å². The van der Waals surface area contributed by atoms with Crippen molar-refractivity contribution in [3.05, 3.63) is 87.4 Å². The fraction of sp³-hybridized carbons (Fsp3) is 0. The zero-order valence-corrected chi connectivity index (χ0v) is 24.7. The van der Waals surface area contributed by atoms with Crippen molar-refractivity contribution in [2.75, 3.05) is 0 Å². The van der Waals surface area contributed by atoms with Crippen molar-refractivity contribution in [1.82, 2.24) is 8.96 Å². The van der Waals surface area contributed by atoms with Crippen molar-refractivity contribution >= 4 is 130 Å². The van der Waals surface area contributed by atoms with E-state index in [2.05, 4.69) is 122 Å². The summed E-state index contributed by atoms with van der Waals surface area (Å²) < 4.78 is 7.40. The standard InChI is InChI=1S/C24H9BClI3N6/c26-25-34-21-14-5-2-11(28)8-17(14)23(34)33-24-18-9-12(29)3-6-15(18)22(35(24)25)32-20-16-7-10(27)1-4-13(16)19(30-20)31-21/h1-9H. The molecule has 8 rings (SSSR count). The number of aromatic nitrogens is 2. The molecule has 0 amide bonds. The lowest BCUT2D eigenvalue weighted by atomic mass is 10.1. The Morgan fingerprint density at radius 1 is 0.571 bits per heavy atom. The average molecular weight is 808 g/mol. The van der Waals surface area contributed by atoms with Gasteiger partial charge in [0.25, 0.3) is 0 Å². The number of hydrogen-bond donors (Lipinski definition) is 0. The van der Waals surface area contributed by atoms with E-state index in [1.165, 1.54) is 0 Å². The maximum absolute atomic E-state index is 7.29. The van der Waals surface area contributed by atoms with E-state index in [4.69, 9.17) is 31.4 Å². The Labute approximate surface area is 244 Å². The van der Waals surface area contributed by atoms with E-state index in [0.717, 1.165) is 66.0 Å². The molecule has 5 aromatic rings. The van der Waals surface area contributed by atoms with Crippen LogP contribution in [-0.2, 0) is 0 Å². The highest BCUT2D eigenvalue weighted by Crippen LogP contribution is 2.41. The molecule has 0 unspecified atom stereocenters. The molecule has 3 aliphatic rings. The first-order valence-electron chi connectivity index (χ1n) is 10.7. The topological polar surface area (TPSA) is 59.3 Å². The summed E-state index contributed by atoms with van der Waals surface area (Å²) in [7, 11) is 0.